The Morgan fingerprint density at radius 2 is 1.89 bits per heavy atom. The van der Waals surface area contributed by atoms with Crippen LogP contribution in [0, 0.1) is 5.82 Å². The summed E-state index contributed by atoms with van der Waals surface area (Å²) >= 11 is 12.0. The summed E-state index contributed by atoms with van der Waals surface area (Å²) in [5.74, 6) is -3.02. The molecule has 8 nitrogen and oxygen atoms in total. The molecule has 35 heavy (non-hydrogen) atoms. The molecule has 0 bridgehead atoms. The van der Waals surface area contributed by atoms with Crippen LogP contribution in [-0.2, 0) is 7.05 Å². The largest absolute Gasteiger partial charge is 0.481 e. The molecule has 0 radical (unpaired) electrons. The van der Waals surface area contributed by atoms with Crippen LogP contribution in [-0.4, -0.2) is 44.6 Å². The first kappa shape index (κ1) is 26.5. The molecule has 14 heteroatoms. The van der Waals surface area contributed by atoms with Crippen molar-refractivity contribution in [3.8, 4) is 11.4 Å². The zero-order valence-electron chi connectivity index (χ0n) is 18.1. The number of hydrogen-bond donors (Lipinski definition) is 2. The lowest BCUT2D eigenvalue weighted by Crippen LogP contribution is -2.29. The minimum absolute atomic E-state index is 0.0327. The van der Waals surface area contributed by atoms with Crippen LogP contribution in [0.15, 0.2) is 35.1 Å². The summed E-state index contributed by atoms with van der Waals surface area (Å²) in [6.45, 7) is -0.309. The van der Waals surface area contributed by atoms with Crippen molar-refractivity contribution in [3.63, 3.8) is 0 Å². The highest BCUT2D eigenvalue weighted by Crippen LogP contribution is 2.33. The van der Waals surface area contributed by atoms with Gasteiger partial charge in [-0.3, -0.25) is 9.36 Å². The number of aromatic nitrogens is 3. The zero-order valence-corrected chi connectivity index (χ0v) is 19.6. The van der Waals surface area contributed by atoms with Gasteiger partial charge in [0.1, 0.15) is 30.0 Å². The number of carbonyl (C=O) groups excluding carboxylic acids is 1. The van der Waals surface area contributed by atoms with Crippen LogP contribution in [0.1, 0.15) is 29.2 Å². The van der Waals surface area contributed by atoms with Crippen LogP contribution in [0.3, 0.4) is 0 Å². The molecule has 1 amide bonds. The maximum atomic E-state index is 15.1. The Morgan fingerprint density at radius 3 is 2.40 bits per heavy atom. The van der Waals surface area contributed by atoms with Crippen LogP contribution in [0.25, 0.3) is 5.69 Å². The van der Waals surface area contributed by atoms with Crippen molar-refractivity contribution < 1.29 is 32.2 Å². The number of amides is 1. The molecule has 188 valence electrons. The zero-order chi connectivity index (χ0) is 26.0. The van der Waals surface area contributed by atoms with Crippen molar-refractivity contribution in [3.05, 3.63) is 68.1 Å². The minimum Gasteiger partial charge on any atom is -0.481 e. The van der Waals surface area contributed by atoms with Crippen molar-refractivity contribution in [2.45, 2.75) is 25.6 Å². The SMILES string of the molecule is C[C@H](O)c1nn(-c2cc(O[C@@H](CF)C(F)F)c(C(=O)Nc3c(Cl)cccc3Cl)cc2F)c(=O)n1C. The summed E-state index contributed by atoms with van der Waals surface area (Å²) in [7, 11) is 1.27. The van der Waals surface area contributed by atoms with E-state index in [9.17, 15) is 27.9 Å². The fourth-order valence-corrected chi connectivity index (χ4v) is 3.56. The van der Waals surface area contributed by atoms with Crippen molar-refractivity contribution in [2.75, 3.05) is 12.0 Å². The van der Waals surface area contributed by atoms with Gasteiger partial charge in [0.2, 0.25) is 0 Å². The minimum atomic E-state index is -3.29. The lowest BCUT2D eigenvalue weighted by molar-refractivity contribution is -0.00159. The summed E-state index contributed by atoms with van der Waals surface area (Å²) in [6.07, 6.45) is -6.79. The lowest BCUT2D eigenvalue weighted by atomic mass is 10.1. The highest BCUT2D eigenvalue weighted by atomic mass is 35.5. The molecule has 1 heterocycles. The summed E-state index contributed by atoms with van der Waals surface area (Å²) in [5.41, 5.74) is -2.14. The van der Waals surface area contributed by atoms with Gasteiger partial charge in [-0.05, 0) is 25.1 Å². The van der Waals surface area contributed by atoms with Gasteiger partial charge in [-0.1, -0.05) is 29.3 Å². The van der Waals surface area contributed by atoms with Gasteiger partial charge in [-0.2, -0.15) is 4.68 Å². The van der Waals surface area contributed by atoms with Crippen LogP contribution in [0.2, 0.25) is 10.0 Å². The first-order chi connectivity index (χ1) is 16.5. The van der Waals surface area contributed by atoms with E-state index < -0.39 is 59.7 Å². The van der Waals surface area contributed by atoms with Crippen molar-refractivity contribution in [1.82, 2.24) is 14.3 Å². The lowest BCUT2D eigenvalue weighted by Gasteiger charge is -2.19. The van der Waals surface area contributed by atoms with E-state index in [1.165, 1.54) is 32.2 Å². The summed E-state index contributed by atoms with van der Waals surface area (Å²) in [4.78, 5) is 25.5. The molecule has 0 spiro atoms. The molecule has 0 aliphatic rings. The van der Waals surface area contributed by atoms with Gasteiger partial charge in [0.25, 0.3) is 12.3 Å². The molecule has 2 N–H and O–H groups in total. The second-order valence-electron chi connectivity index (χ2n) is 7.28. The number of carbonyl (C=O) groups is 1. The Kier molecular flexibility index (Phi) is 8.08. The fraction of sp³-hybridized carbons (Fsp3) is 0.286. The first-order valence-electron chi connectivity index (χ1n) is 9.90. The van der Waals surface area contributed by atoms with E-state index in [0.717, 1.165) is 10.6 Å². The number of ether oxygens (including phenoxy) is 1. The number of aliphatic hydroxyl groups is 1. The number of halogens is 6. The third-order valence-electron chi connectivity index (χ3n) is 4.82. The number of nitrogens with zero attached hydrogens (tertiary/aromatic N) is 3. The number of nitrogens with one attached hydrogen (secondary N) is 1. The molecule has 3 rings (SSSR count). The van der Waals surface area contributed by atoms with Crippen LogP contribution >= 0.6 is 23.2 Å². The maximum absolute atomic E-state index is 15.1. The Labute approximate surface area is 205 Å². The number of anilines is 1. The Morgan fingerprint density at radius 1 is 1.26 bits per heavy atom. The normalized spacial score (nSPS) is 13.1. The third kappa shape index (κ3) is 5.44. The van der Waals surface area contributed by atoms with Gasteiger partial charge in [0.05, 0.1) is 21.3 Å². The van der Waals surface area contributed by atoms with E-state index in [4.69, 9.17) is 27.9 Å². The van der Waals surface area contributed by atoms with Crippen molar-refractivity contribution in [2.24, 2.45) is 7.05 Å². The molecule has 0 saturated carbocycles. The molecule has 0 aliphatic heterocycles. The molecule has 0 fully saturated rings. The molecule has 0 aliphatic carbocycles. The average Bonchev–Trinajstić information content (AvgIpc) is 3.09. The van der Waals surface area contributed by atoms with Gasteiger partial charge in [0, 0.05) is 13.1 Å². The van der Waals surface area contributed by atoms with E-state index in [2.05, 4.69) is 10.4 Å². The van der Waals surface area contributed by atoms with Gasteiger partial charge >= 0.3 is 5.69 Å². The Bertz CT molecular complexity index is 1290. The van der Waals surface area contributed by atoms with E-state index in [1.807, 2.05) is 0 Å². The number of alkyl halides is 3. The first-order valence-corrected chi connectivity index (χ1v) is 10.7. The van der Waals surface area contributed by atoms with Crippen LogP contribution in [0.5, 0.6) is 5.75 Å². The number of rotatable bonds is 8. The third-order valence-corrected chi connectivity index (χ3v) is 5.45. The predicted octanol–water partition coefficient (Wildman–Crippen LogP) is 4.30. The summed E-state index contributed by atoms with van der Waals surface area (Å²) < 4.78 is 61.2. The number of para-hydroxylation sites is 1. The predicted molar refractivity (Wildman–Crippen MR) is 120 cm³/mol. The molecule has 0 saturated heterocycles. The standard InChI is InChI=1S/C21H18Cl2F4N4O4/c1-9(32)19-29-31(21(34)30(19)2)14-7-15(35-16(8-24)18(26)27)10(6-13(14)25)20(33)28-17-11(22)4-3-5-12(17)23/h3-7,9,16,18,32H,8H2,1-2H3,(H,28,33)/t9-,16-/m0/s1. The van der Waals surface area contributed by atoms with Gasteiger partial charge in [0.15, 0.2) is 11.9 Å². The summed E-state index contributed by atoms with van der Waals surface area (Å²) in [5, 5.41) is 16.0. The number of aliphatic hydroxyl groups excluding tert-OH is 1. The monoisotopic (exact) mass is 536 g/mol. The van der Waals surface area contributed by atoms with Crippen molar-refractivity contribution >= 4 is 34.8 Å². The maximum Gasteiger partial charge on any atom is 0.350 e. The van der Waals surface area contributed by atoms with Crippen LogP contribution in [0.4, 0.5) is 23.2 Å². The Balaban J connectivity index is 2.16. The van der Waals surface area contributed by atoms with E-state index in [-0.39, 0.29) is 21.6 Å². The van der Waals surface area contributed by atoms with E-state index in [1.54, 1.807) is 0 Å². The Hall–Kier alpha value is -3.09. The fourth-order valence-electron chi connectivity index (χ4n) is 3.06. The van der Waals surface area contributed by atoms with E-state index in [0.29, 0.717) is 10.7 Å². The highest BCUT2D eigenvalue weighted by Gasteiger charge is 2.28. The quantitative estimate of drug-likeness (QED) is 0.418. The molecular formula is C21H18Cl2F4N4O4. The second-order valence-corrected chi connectivity index (χ2v) is 8.10. The van der Waals surface area contributed by atoms with Gasteiger partial charge in [-0.25, -0.2) is 22.4 Å². The van der Waals surface area contributed by atoms with Crippen molar-refractivity contribution in [1.29, 1.82) is 0 Å². The number of benzene rings is 2. The molecule has 1 aromatic heterocycles. The topological polar surface area (TPSA) is 98.4 Å². The smallest absolute Gasteiger partial charge is 0.350 e. The molecule has 0 unspecified atom stereocenters. The number of hydrogen-bond acceptors (Lipinski definition) is 5. The molecular weight excluding hydrogens is 519 g/mol. The molecule has 2 atom stereocenters. The molecule has 2 aromatic carbocycles. The average molecular weight is 537 g/mol. The van der Waals surface area contributed by atoms with E-state index >= 15 is 4.39 Å². The highest BCUT2D eigenvalue weighted by molar-refractivity contribution is 6.40. The van der Waals surface area contributed by atoms with Gasteiger partial charge in [-0.15, -0.1) is 5.10 Å². The second kappa shape index (κ2) is 10.7. The van der Waals surface area contributed by atoms with Gasteiger partial charge < -0.3 is 15.2 Å². The summed E-state index contributed by atoms with van der Waals surface area (Å²) in [6, 6.07) is 5.68. The molecule has 3 aromatic rings. The van der Waals surface area contributed by atoms with Crippen LogP contribution < -0.4 is 15.7 Å².